The molecule has 29 heavy (non-hydrogen) atoms. The average Bonchev–Trinajstić information content (AvgIpc) is 2.66. The molecule has 146 valence electrons. The molecule has 3 rings (SSSR count). The Morgan fingerprint density at radius 1 is 1.10 bits per heavy atom. The maximum Gasteiger partial charge on any atom is 0.329 e. The Labute approximate surface area is 171 Å². The van der Waals surface area contributed by atoms with Crippen molar-refractivity contribution in [2.45, 2.75) is 6.92 Å². The SMILES string of the molecule is CC1=CC(=O)[C@H](C(=O)/C=C/c2cccc(NC(=O)c3ccc(Cl)cc3)c2)C(=O)O1. The minimum atomic E-state index is -1.48. The fourth-order valence-electron chi connectivity index (χ4n) is 2.70. The topological polar surface area (TPSA) is 89.5 Å². The van der Waals surface area contributed by atoms with Gasteiger partial charge in [0.1, 0.15) is 5.76 Å². The molecule has 0 fully saturated rings. The van der Waals surface area contributed by atoms with Crippen LogP contribution in [0, 0.1) is 5.92 Å². The Morgan fingerprint density at radius 3 is 2.52 bits per heavy atom. The number of ketones is 2. The van der Waals surface area contributed by atoms with E-state index in [1.807, 2.05) is 0 Å². The summed E-state index contributed by atoms with van der Waals surface area (Å²) >= 11 is 5.82. The lowest BCUT2D eigenvalue weighted by atomic mass is 9.96. The van der Waals surface area contributed by atoms with Gasteiger partial charge in [-0.3, -0.25) is 19.2 Å². The van der Waals surface area contributed by atoms with E-state index in [0.717, 1.165) is 12.2 Å². The van der Waals surface area contributed by atoms with Crippen molar-refractivity contribution >= 4 is 46.8 Å². The molecule has 0 aliphatic carbocycles. The molecule has 0 saturated heterocycles. The van der Waals surface area contributed by atoms with Gasteiger partial charge in [0.2, 0.25) is 0 Å². The van der Waals surface area contributed by atoms with Crippen LogP contribution in [0.3, 0.4) is 0 Å². The maximum atomic E-state index is 12.3. The van der Waals surface area contributed by atoms with Crippen LogP contribution in [0.1, 0.15) is 22.8 Å². The first-order valence-corrected chi connectivity index (χ1v) is 9.04. The van der Waals surface area contributed by atoms with Gasteiger partial charge in [0, 0.05) is 22.3 Å². The van der Waals surface area contributed by atoms with Crippen LogP contribution in [-0.2, 0) is 19.1 Å². The number of amides is 1. The minimum Gasteiger partial charge on any atom is -0.430 e. The normalized spacial score (nSPS) is 16.3. The van der Waals surface area contributed by atoms with Gasteiger partial charge in [0.15, 0.2) is 17.5 Å². The molecule has 1 aliphatic rings. The standard InChI is InChI=1S/C22H16ClNO5/c1-13-11-19(26)20(22(28)29-13)18(25)10-5-14-3-2-4-17(12-14)24-21(27)15-6-8-16(23)9-7-15/h2-12,20H,1H3,(H,24,27)/b10-5+/t20-/m0/s1. The van der Waals surface area contributed by atoms with E-state index in [4.69, 9.17) is 16.3 Å². The third kappa shape index (κ3) is 5.06. The molecule has 7 heteroatoms. The van der Waals surface area contributed by atoms with Crippen LogP contribution >= 0.6 is 11.6 Å². The molecule has 0 radical (unpaired) electrons. The summed E-state index contributed by atoms with van der Waals surface area (Å²) in [6, 6.07) is 13.2. The van der Waals surface area contributed by atoms with E-state index in [1.165, 1.54) is 13.0 Å². The van der Waals surface area contributed by atoms with Crippen molar-refractivity contribution < 1.29 is 23.9 Å². The molecule has 1 N–H and O–H groups in total. The van der Waals surface area contributed by atoms with Crippen molar-refractivity contribution in [1.29, 1.82) is 0 Å². The van der Waals surface area contributed by atoms with Gasteiger partial charge in [-0.15, -0.1) is 0 Å². The zero-order valence-electron chi connectivity index (χ0n) is 15.3. The first kappa shape index (κ1) is 20.2. The van der Waals surface area contributed by atoms with E-state index >= 15 is 0 Å². The number of anilines is 1. The van der Waals surface area contributed by atoms with E-state index in [0.29, 0.717) is 21.8 Å². The summed E-state index contributed by atoms with van der Waals surface area (Å²) in [5, 5.41) is 3.28. The number of cyclic esters (lactones) is 1. The van der Waals surface area contributed by atoms with Gasteiger partial charge in [0.05, 0.1) is 0 Å². The number of rotatable bonds is 5. The third-order valence-electron chi connectivity index (χ3n) is 4.10. The van der Waals surface area contributed by atoms with Gasteiger partial charge in [0.25, 0.3) is 5.91 Å². The van der Waals surface area contributed by atoms with E-state index in [1.54, 1.807) is 48.5 Å². The molecule has 0 saturated carbocycles. The zero-order valence-corrected chi connectivity index (χ0v) is 16.1. The molecule has 1 atom stereocenters. The molecule has 2 aromatic carbocycles. The molecule has 1 amide bonds. The first-order chi connectivity index (χ1) is 13.8. The summed E-state index contributed by atoms with van der Waals surface area (Å²) in [7, 11) is 0. The van der Waals surface area contributed by atoms with Gasteiger partial charge in [-0.1, -0.05) is 29.8 Å². The van der Waals surface area contributed by atoms with E-state index in [9.17, 15) is 19.2 Å². The summed E-state index contributed by atoms with van der Waals surface area (Å²) in [6.07, 6.45) is 3.75. The molecule has 2 aromatic rings. The van der Waals surface area contributed by atoms with Crippen molar-refractivity contribution in [3.63, 3.8) is 0 Å². The number of hydrogen-bond acceptors (Lipinski definition) is 5. The molecule has 6 nitrogen and oxygen atoms in total. The highest BCUT2D eigenvalue weighted by atomic mass is 35.5. The number of carbonyl (C=O) groups excluding carboxylic acids is 4. The van der Waals surface area contributed by atoms with Crippen molar-refractivity contribution in [2.24, 2.45) is 5.92 Å². The third-order valence-corrected chi connectivity index (χ3v) is 4.35. The monoisotopic (exact) mass is 409 g/mol. The maximum absolute atomic E-state index is 12.3. The Morgan fingerprint density at radius 2 is 1.83 bits per heavy atom. The van der Waals surface area contributed by atoms with E-state index in [2.05, 4.69) is 5.32 Å². The molecule has 1 aliphatic heterocycles. The van der Waals surface area contributed by atoms with Crippen LogP contribution in [0.5, 0.6) is 0 Å². The van der Waals surface area contributed by atoms with Gasteiger partial charge in [-0.05, 0) is 55.0 Å². The first-order valence-electron chi connectivity index (χ1n) is 8.66. The van der Waals surface area contributed by atoms with Crippen molar-refractivity contribution in [3.05, 3.63) is 82.6 Å². The molecular formula is C22H16ClNO5. The minimum absolute atomic E-state index is 0.164. The number of hydrogen-bond donors (Lipinski definition) is 1. The number of carbonyl (C=O) groups is 4. The summed E-state index contributed by atoms with van der Waals surface area (Å²) in [5.41, 5.74) is 1.57. The number of ether oxygens (including phenoxy) is 1. The highest BCUT2D eigenvalue weighted by Gasteiger charge is 2.36. The Balaban J connectivity index is 1.70. The Hall–Kier alpha value is -3.51. The van der Waals surface area contributed by atoms with Crippen LogP contribution in [0.2, 0.25) is 5.02 Å². The van der Waals surface area contributed by atoms with Crippen LogP contribution in [0.15, 0.2) is 66.4 Å². The quantitative estimate of drug-likeness (QED) is 0.460. The van der Waals surface area contributed by atoms with Crippen LogP contribution < -0.4 is 5.32 Å². The van der Waals surface area contributed by atoms with Gasteiger partial charge >= 0.3 is 5.97 Å². The predicted octanol–water partition coefficient (Wildman–Crippen LogP) is 3.82. The lowest BCUT2D eigenvalue weighted by Crippen LogP contribution is -2.34. The molecule has 0 spiro atoms. The summed E-state index contributed by atoms with van der Waals surface area (Å²) in [5.74, 6) is -3.78. The highest BCUT2D eigenvalue weighted by Crippen LogP contribution is 2.18. The summed E-state index contributed by atoms with van der Waals surface area (Å²) in [6.45, 7) is 1.47. The molecule has 0 unspecified atom stereocenters. The average molecular weight is 410 g/mol. The van der Waals surface area contributed by atoms with Crippen LogP contribution in [-0.4, -0.2) is 23.4 Å². The van der Waals surface area contributed by atoms with Crippen molar-refractivity contribution in [2.75, 3.05) is 5.32 Å². The molecular weight excluding hydrogens is 394 g/mol. The van der Waals surface area contributed by atoms with Gasteiger partial charge in [-0.25, -0.2) is 0 Å². The number of esters is 1. The van der Waals surface area contributed by atoms with Crippen LogP contribution in [0.25, 0.3) is 6.08 Å². The predicted molar refractivity (Wildman–Crippen MR) is 108 cm³/mol. The second kappa shape index (κ2) is 8.67. The smallest absolute Gasteiger partial charge is 0.329 e. The largest absolute Gasteiger partial charge is 0.430 e. The van der Waals surface area contributed by atoms with Crippen LogP contribution in [0.4, 0.5) is 5.69 Å². The Kier molecular flexibility index (Phi) is 6.04. The molecule has 1 heterocycles. The number of nitrogens with one attached hydrogen (secondary N) is 1. The molecule has 0 aromatic heterocycles. The van der Waals surface area contributed by atoms with E-state index in [-0.39, 0.29) is 11.7 Å². The number of benzene rings is 2. The second-order valence-electron chi connectivity index (χ2n) is 6.33. The lowest BCUT2D eigenvalue weighted by Gasteiger charge is -2.15. The van der Waals surface area contributed by atoms with Gasteiger partial charge in [-0.2, -0.15) is 0 Å². The lowest BCUT2D eigenvalue weighted by molar-refractivity contribution is -0.151. The van der Waals surface area contributed by atoms with Crippen molar-refractivity contribution in [3.8, 4) is 0 Å². The molecule has 0 bridgehead atoms. The van der Waals surface area contributed by atoms with Gasteiger partial charge < -0.3 is 10.1 Å². The fourth-order valence-corrected chi connectivity index (χ4v) is 2.83. The van der Waals surface area contributed by atoms with Crippen molar-refractivity contribution in [1.82, 2.24) is 0 Å². The number of allylic oxidation sites excluding steroid dienone is 3. The second-order valence-corrected chi connectivity index (χ2v) is 6.77. The zero-order chi connectivity index (χ0) is 21.0. The summed E-state index contributed by atoms with van der Waals surface area (Å²) in [4.78, 5) is 48.3. The Bertz CT molecular complexity index is 1050. The summed E-state index contributed by atoms with van der Waals surface area (Å²) < 4.78 is 4.85. The number of halogens is 1. The highest BCUT2D eigenvalue weighted by molar-refractivity contribution is 6.30. The van der Waals surface area contributed by atoms with E-state index < -0.39 is 23.5 Å². The fraction of sp³-hybridized carbons (Fsp3) is 0.0909.